The molecule has 0 aromatic heterocycles. The topological polar surface area (TPSA) is 165 Å². The van der Waals surface area contributed by atoms with Crippen LogP contribution in [0.2, 0.25) is 44.3 Å². The first-order valence-corrected chi connectivity index (χ1v) is 32.3. The van der Waals surface area contributed by atoms with Crippen molar-refractivity contribution in [3.63, 3.8) is 0 Å². The molecule has 1 aromatic rings. The van der Waals surface area contributed by atoms with Crippen molar-refractivity contribution in [1.82, 2.24) is 4.90 Å². The van der Waals surface area contributed by atoms with E-state index in [1.807, 2.05) is 73.8 Å². The molecule has 18 heteroatoms. The molecule has 0 bridgehead atoms. The number of carbonyl (C=O) groups is 1. The summed E-state index contributed by atoms with van der Waals surface area (Å²) in [5.74, 6) is -3.47. The van der Waals surface area contributed by atoms with Gasteiger partial charge in [0.15, 0.2) is 29.2 Å². The van der Waals surface area contributed by atoms with Crippen molar-refractivity contribution < 1.29 is 61.9 Å². The molecule has 0 unspecified atom stereocenters. The Morgan fingerprint density at radius 3 is 1.99 bits per heavy atom. The Morgan fingerprint density at radius 2 is 1.43 bits per heavy atom. The maximum absolute atomic E-state index is 14.9. The number of likely N-dealkylation sites (N-methyl/N-ethyl adjacent to an activating group) is 1. The number of aliphatic hydroxyl groups is 2. The first-order chi connectivity index (χ1) is 31.8. The Morgan fingerprint density at radius 1 is 0.841 bits per heavy atom. The summed E-state index contributed by atoms with van der Waals surface area (Å²) in [6.45, 7) is 31.8. The molecule has 0 radical (unpaired) electrons. The largest absolute Gasteiger partial charge is 0.459 e. The molecular formula is C51H91ClN2O13Si2. The average Bonchev–Trinajstić information content (AvgIpc) is 3.25. The van der Waals surface area contributed by atoms with Gasteiger partial charge in [-0.3, -0.25) is 4.79 Å². The SMILES string of the molecule is CC[C@H]1OC(=O)[C@H](C)[C@@H](O[C@H]2C[C@@](C)(OC)[C@@H](O[Si](C)(C)C)[C@H](C)O2)[C@H](C)[C@@H](O[C@@H]2O[C@H](C)C[C@H](N(C)C)[C@H]2O[Si](C)(C)C)[C@](C)(OC)C[C@@H](C)/C(=N\OCc2ccccc2Cl)[C@H](C)[C@@H](O)[C@]1(C)O. The number of aliphatic hydroxyl groups excluding tert-OH is 1. The number of cyclic esters (lactones) is 1. The van der Waals surface area contributed by atoms with Crippen molar-refractivity contribution >= 4 is 39.9 Å². The zero-order valence-electron chi connectivity index (χ0n) is 45.7. The summed E-state index contributed by atoms with van der Waals surface area (Å²) in [6, 6.07) is 7.31. The van der Waals surface area contributed by atoms with Gasteiger partial charge in [-0.15, -0.1) is 0 Å². The van der Waals surface area contributed by atoms with Gasteiger partial charge in [0.2, 0.25) is 0 Å². The van der Waals surface area contributed by atoms with Crippen LogP contribution in [0.5, 0.6) is 0 Å². The van der Waals surface area contributed by atoms with E-state index in [4.69, 9.17) is 63.6 Å². The van der Waals surface area contributed by atoms with Crippen LogP contribution < -0.4 is 0 Å². The van der Waals surface area contributed by atoms with Crippen LogP contribution in [0.3, 0.4) is 0 Å². The van der Waals surface area contributed by atoms with Crippen molar-refractivity contribution in [2.75, 3.05) is 28.3 Å². The van der Waals surface area contributed by atoms with Gasteiger partial charge in [-0.25, -0.2) is 0 Å². The second-order valence-corrected chi connectivity index (χ2v) is 32.3. The minimum absolute atomic E-state index is 0.0433. The molecule has 3 aliphatic rings. The molecule has 0 saturated carbocycles. The summed E-state index contributed by atoms with van der Waals surface area (Å²) in [5.41, 5.74) is -2.71. The quantitative estimate of drug-likeness (QED) is 0.0973. The molecule has 0 spiro atoms. The van der Waals surface area contributed by atoms with E-state index in [2.05, 4.69) is 44.2 Å². The highest BCUT2D eigenvalue weighted by Crippen LogP contribution is 2.43. The van der Waals surface area contributed by atoms with E-state index >= 15 is 0 Å². The number of rotatable bonds is 15. The summed E-state index contributed by atoms with van der Waals surface area (Å²) >= 11 is 6.52. The Balaban J connectivity index is 1.96. The van der Waals surface area contributed by atoms with Gasteiger partial charge in [0.25, 0.3) is 0 Å². The van der Waals surface area contributed by atoms with E-state index in [0.717, 1.165) is 12.0 Å². The van der Waals surface area contributed by atoms with Crippen LogP contribution in [0.4, 0.5) is 0 Å². The molecule has 3 heterocycles. The van der Waals surface area contributed by atoms with Gasteiger partial charge in [0.1, 0.15) is 24.4 Å². The molecule has 0 aliphatic carbocycles. The molecule has 398 valence electrons. The number of nitrogens with zero attached hydrogens (tertiary/aromatic N) is 2. The predicted octanol–water partition coefficient (Wildman–Crippen LogP) is 8.82. The highest BCUT2D eigenvalue weighted by atomic mass is 35.5. The van der Waals surface area contributed by atoms with Crippen LogP contribution in [0.15, 0.2) is 29.4 Å². The lowest BCUT2D eigenvalue weighted by Crippen LogP contribution is -2.63. The Labute approximate surface area is 422 Å². The van der Waals surface area contributed by atoms with Crippen molar-refractivity contribution in [3.05, 3.63) is 34.9 Å². The van der Waals surface area contributed by atoms with E-state index in [9.17, 15) is 15.0 Å². The lowest BCUT2D eigenvalue weighted by Gasteiger charge is -2.51. The maximum atomic E-state index is 14.9. The van der Waals surface area contributed by atoms with Crippen molar-refractivity contribution in [2.45, 2.75) is 225 Å². The molecular weight excluding hydrogens is 940 g/mol. The van der Waals surface area contributed by atoms with Gasteiger partial charge in [0, 0.05) is 55.0 Å². The minimum Gasteiger partial charge on any atom is -0.459 e. The van der Waals surface area contributed by atoms with E-state index < -0.39 is 112 Å². The summed E-state index contributed by atoms with van der Waals surface area (Å²) in [6.07, 6.45) is -6.06. The molecule has 3 aliphatic heterocycles. The molecule has 3 saturated heterocycles. The van der Waals surface area contributed by atoms with E-state index in [1.54, 1.807) is 41.1 Å². The Kier molecular flexibility index (Phi) is 21.0. The van der Waals surface area contributed by atoms with Gasteiger partial charge in [-0.1, -0.05) is 62.7 Å². The number of esters is 1. The summed E-state index contributed by atoms with van der Waals surface area (Å²) in [7, 11) is 3.15. The average molecular weight is 1030 g/mol. The highest BCUT2D eigenvalue weighted by molar-refractivity contribution is 6.70. The van der Waals surface area contributed by atoms with E-state index in [1.165, 1.54) is 6.92 Å². The number of halogens is 1. The summed E-state index contributed by atoms with van der Waals surface area (Å²) < 4.78 is 61.1. The zero-order chi connectivity index (χ0) is 52.2. The standard InChI is InChI=1S/C51H91ClN2O13Si2/c1-21-39-51(10,57)44(55)32(4)41(53-60-29-36-24-22-23-25-37(36)52)30(2)27-49(8,58-13)45(65-48-43(66-68(15,16)17)38(54(11)12)26-31(3)61-48)33(5)42(34(6)47(56)63-39)64-40-28-50(9,59-14)46(35(7)62-40)67-69(18,19)20/h22-25,30-35,38-40,42-46,48,55,57H,21,26-29H2,1-20H3/b53-41+/t30-,31-,32+,33+,34-,35+,38+,39-,40+,42+,43-,44-,45-,46+,48+,49-,50-,51-/m1/s1. The smallest absolute Gasteiger partial charge is 0.311 e. The van der Waals surface area contributed by atoms with Gasteiger partial charge >= 0.3 is 5.97 Å². The molecule has 2 N–H and O–H groups in total. The molecule has 1 aromatic carbocycles. The van der Waals surface area contributed by atoms with Gasteiger partial charge < -0.3 is 62.0 Å². The van der Waals surface area contributed by atoms with Crippen LogP contribution in [0.25, 0.3) is 0 Å². The molecule has 18 atom stereocenters. The summed E-state index contributed by atoms with van der Waals surface area (Å²) in [4.78, 5) is 23.1. The Bertz CT molecular complexity index is 1830. The van der Waals surface area contributed by atoms with Crippen molar-refractivity contribution in [1.29, 1.82) is 0 Å². The fraction of sp³-hybridized carbons (Fsp3) is 0.843. The Hall–Kier alpha value is -1.56. The van der Waals surface area contributed by atoms with Crippen molar-refractivity contribution in [2.24, 2.45) is 28.8 Å². The third kappa shape index (κ3) is 15.0. The fourth-order valence-electron chi connectivity index (χ4n) is 10.7. The highest BCUT2D eigenvalue weighted by Gasteiger charge is 2.55. The molecule has 15 nitrogen and oxygen atoms in total. The number of carbonyl (C=O) groups excluding carboxylic acids is 1. The lowest BCUT2D eigenvalue weighted by atomic mass is 9.73. The monoisotopic (exact) mass is 1030 g/mol. The van der Waals surface area contributed by atoms with Gasteiger partial charge in [0.05, 0.1) is 59.5 Å². The van der Waals surface area contributed by atoms with Crippen LogP contribution >= 0.6 is 11.6 Å². The first kappa shape index (κ1) is 60.0. The predicted molar refractivity (Wildman–Crippen MR) is 274 cm³/mol. The molecule has 69 heavy (non-hydrogen) atoms. The lowest BCUT2D eigenvalue weighted by molar-refractivity contribution is -0.316. The van der Waals surface area contributed by atoms with Crippen molar-refractivity contribution in [3.8, 4) is 0 Å². The van der Waals surface area contributed by atoms with Gasteiger partial charge in [-0.2, -0.15) is 0 Å². The maximum Gasteiger partial charge on any atom is 0.311 e. The normalized spacial score (nSPS) is 40.9. The minimum atomic E-state index is -2.21. The van der Waals surface area contributed by atoms with E-state index in [-0.39, 0.29) is 37.7 Å². The van der Waals surface area contributed by atoms with Crippen LogP contribution in [-0.4, -0.2) is 156 Å². The zero-order valence-corrected chi connectivity index (χ0v) is 48.4. The van der Waals surface area contributed by atoms with Gasteiger partial charge in [-0.05, 0) is 120 Å². The third-order valence-electron chi connectivity index (χ3n) is 14.6. The van der Waals surface area contributed by atoms with Crippen LogP contribution in [-0.2, 0) is 58.2 Å². The first-order valence-electron chi connectivity index (χ1n) is 25.1. The third-order valence-corrected chi connectivity index (χ3v) is 16.9. The number of methoxy groups -OCH3 is 2. The second-order valence-electron chi connectivity index (χ2n) is 23.0. The number of hydrogen-bond donors (Lipinski definition) is 2. The van der Waals surface area contributed by atoms with E-state index in [0.29, 0.717) is 17.2 Å². The van der Waals surface area contributed by atoms with Crippen LogP contribution in [0, 0.1) is 23.7 Å². The molecule has 3 fully saturated rings. The number of hydrogen-bond acceptors (Lipinski definition) is 15. The second kappa shape index (κ2) is 24.2. The molecule has 4 rings (SSSR count). The van der Waals surface area contributed by atoms with Crippen LogP contribution in [0.1, 0.15) is 100 Å². The number of oxime groups is 1. The summed E-state index contributed by atoms with van der Waals surface area (Å²) in [5, 5.41) is 29.8. The number of benzene rings is 1. The molecule has 0 amide bonds. The number of ether oxygens (including phenoxy) is 7. The fourth-order valence-corrected chi connectivity index (χ4v) is 13.1.